The third-order valence-corrected chi connectivity index (χ3v) is 4.08. The Hall–Kier alpha value is -0.540. The van der Waals surface area contributed by atoms with Crippen LogP contribution in [0.3, 0.4) is 0 Å². The lowest BCUT2D eigenvalue weighted by Crippen LogP contribution is -2.36. The minimum Gasteiger partial charge on any atom is -0.339 e. The van der Waals surface area contributed by atoms with Gasteiger partial charge in [0.1, 0.15) is 0 Å². The third-order valence-electron chi connectivity index (χ3n) is 3.38. The Kier molecular flexibility index (Phi) is 5.07. The Morgan fingerprint density at radius 3 is 3.06 bits per heavy atom. The summed E-state index contributed by atoms with van der Waals surface area (Å²) in [6.45, 7) is 0.900. The lowest BCUT2D eigenvalue weighted by molar-refractivity contribution is -0.131. The Morgan fingerprint density at radius 2 is 2.33 bits per heavy atom. The van der Waals surface area contributed by atoms with Gasteiger partial charge in [0.05, 0.1) is 6.42 Å². The van der Waals surface area contributed by atoms with Crippen LogP contribution >= 0.6 is 27.5 Å². The smallest absolute Gasteiger partial charge is 0.227 e. The topological polar surface area (TPSA) is 20.3 Å². The van der Waals surface area contributed by atoms with Gasteiger partial charge in [-0.3, -0.25) is 4.79 Å². The molecule has 98 valence electrons. The molecule has 0 radical (unpaired) electrons. The molecule has 1 aromatic rings. The van der Waals surface area contributed by atoms with Crippen LogP contribution in [0.5, 0.6) is 0 Å². The van der Waals surface area contributed by atoms with Crippen LogP contribution in [0.25, 0.3) is 0 Å². The van der Waals surface area contributed by atoms with E-state index >= 15 is 0 Å². The quantitative estimate of drug-likeness (QED) is 0.772. The number of hydrogen-bond acceptors (Lipinski definition) is 1. The minimum atomic E-state index is 0.223. The molecular formula is C14H17BrClNO. The second-order valence-corrected chi connectivity index (χ2v) is 5.90. The lowest BCUT2D eigenvalue weighted by Gasteiger charge is -2.24. The van der Waals surface area contributed by atoms with E-state index in [4.69, 9.17) is 11.6 Å². The average molecular weight is 331 g/mol. The molecule has 0 bridgehead atoms. The first-order valence-electron chi connectivity index (χ1n) is 6.30. The molecule has 0 aromatic heterocycles. The molecule has 0 N–H and O–H groups in total. The summed E-state index contributed by atoms with van der Waals surface area (Å²) in [5, 5.41) is 1.65. The number of carbonyl (C=O) groups excluding carboxylic acids is 1. The van der Waals surface area contributed by atoms with E-state index in [0.29, 0.717) is 17.5 Å². The van der Waals surface area contributed by atoms with Crippen LogP contribution in [0.2, 0.25) is 5.02 Å². The number of rotatable bonds is 4. The van der Waals surface area contributed by atoms with Crippen molar-refractivity contribution in [3.05, 3.63) is 34.9 Å². The third kappa shape index (κ3) is 3.48. The molecule has 1 fully saturated rings. The summed E-state index contributed by atoms with van der Waals surface area (Å²) in [5.41, 5.74) is 0.997. The number of carbonyl (C=O) groups is 1. The molecule has 1 aliphatic rings. The maximum Gasteiger partial charge on any atom is 0.227 e. The van der Waals surface area contributed by atoms with Crippen LogP contribution in [0, 0.1) is 0 Å². The molecule has 0 aliphatic carbocycles. The predicted octanol–water partition coefficient (Wildman–Crippen LogP) is 3.66. The molecule has 1 aromatic carbocycles. The highest BCUT2D eigenvalue weighted by molar-refractivity contribution is 9.09. The van der Waals surface area contributed by atoms with Crippen molar-refractivity contribution in [3.63, 3.8) is 0 Å². The SMILES string of the molecule is O=C(Cc1cccc(Cl)c1)N1CCCC1CCBr. The fraction of sp³-hybridized carbons (Fsp3) is 0.500. The zero-order valence-electron chi connectivity index (χ0n) is 10.2. The first-order chi connectivity index (χ1) is 8.70. The fourth-order valence-electron chi connectivity index (χ4n) is 2.51. The van der Waals surface area contributed by atoms with E-state index in [-0.39, 0.29) is 5.91 Å². The van der Waals surface area contributed by atoms with Gasteiger partial charge in [-0.25, -0.2) is 0 Å². The minimum absolute atomic E-state index is 0.223. The second-order valence-electron chi connectivity index (χ2n) is 4.67. The second kappa shape index (κ2) is 6.58. The maximum atomic E-state index is 12.3. The monoisotopic (exact) mass is 329 g/mol. The van der Waals surface area contributed by atoms with Gasteiger partial charge in [-0.15, -0.1) is 0 Å². The number of benzene rings is 1. The van der Waals surface area contributed by atoms with Crippen LogP contribution < -0.4 is 0 Å². The zero-order valence-corrected chi connectivity index (χ0v) is 12.6. The van der Waals surface area contributed by atoms with Crippen LogP contribution in [0.15, 0.2) is 24.3 Å². The van der Waals surface area contributed by atoms with Crippen molar-refractivity contribution < 1.29 is 4.79 Å². The highest BCUT2D eigenvalue weighted by Gasteiger charge is 2.27. The zero-order chi connectivity index (χ0) is 13.0. The molecule has 1 atom stereocenters. The van der Waals surface area contributed by atoms with Gasteiger partial charge >= 0.3 is 0 Å². The summed E-state index contributed by atoms with van der Waals surface area (Å²) in [5.74, 6) is 0.223. The molecule has 1 saturated heterocycles. The van der Waals surface area contributed by atoms with Gasteiger partial charge in [0.2, 0.25) is 5.91 Å². The molecular weight excluding hydrogens is 314 g/mol. The number of halogens is 2. The van der Waals surface area contributed by atoms with Gasteiger partial charge in [-0.05, 0) is 37.0 Å². The summed E-state index contributed by atoms with van der Waals surface area (Å²) < 4.78 is 0. The molecule has 0 saturated carbocycles. The average Bonchev–Trinajstić information content (AvgIpc) is 2.78. The van der Waals surface area contributed by atoms with Crippen molar-refractivity contribution in [1.29, 1.82) is 0 Å². The normalized spacial score (nSPS) is 19.2. The summed E-state index contributed by atoms with van der Waals surface area (Å²) in [6.07, 6.45) is 3.76. The van der Waals surface area contributed by atoms with Crippen molar-refractivity contribution in [2.24, 2.45) is 0 Å². The van der Waals surface area contributed by atoms with Crippen LogP contribution in [-0.4, -0.2) is 28.7 Å². The highest BCUT2D eigenvalue weighted by atomic mass is 79.9. The van der Waals surface area contributed by atoms with Crippen molar-refractivity contribution in [2.75, 3.05) is 11.9 Å². The van der Waals surface area contributed by atoms with E-state index in [2.05, 4.69) is 15.9 Å². The van der Waals surface area contributed by atoms with Crippen LogP contribution in [0.4, 0.5) is 0 Å². The predicted molar refractivity (Wildman–Crippen MR) is 78.3 cm³/mol. The Labute approximate surface area is 121 Å². The number of likely N-dealkylation sites (tertiary alicyclic amines) is 1. The van der Waals surface area contributed by atoms with Gasteiger partial charge in [0.15, 0.2) is 0 Å². The molecule has 1 heterocycles. The number of amides is 1. The first-order valence-corrected chi connectivity index (χ1v) is 7.80. The van der Waals surface area contributed by atoms with E-state index in [1.165, 1.54) is 0 Å². The summed E-state index contributed by atoms with van der Waals surface area (Å²) in [4.78, 5) is 14.3. The van der Waals surface area contributed by atoms with Gasteiger partial charge in [0.25, 0.3) is 0 Å². The maximum absolute atomic E-state index is 12.3. The van der Waals surface area contributed by atoms with Crippen molar-refractivity contribution >= 4 is 33.4 Å². The van der Waals surface area contributed by atoms with E-state index in [1.54, 1.807) is 0 Å². The van der Waals surface area contributed by atoms with E-state index in [9.17, 15) is 4.79 Å². The van der Waals surface area contributed by atoms with E-state index in [0.717, 1.165) is 36.7 Å². The summed E-state index contributed by atoms with van der Waals surface area (Å²) in [7, 11) is 0. The number of hydrogen-bond donors (Lipinski definition) is 0. The van der Waals surface area contributed by atoms with Crippen molar-refractivity contribution in [1.82, 2.24) is 4.90 Å². The molecule has 2 nitrogen and oxygen atoms in total. The summed E-state index contributed by atoms with van der Waals surface area (Å²) in [6, 6.07) is 7.97. The molecule has 1 amide bonds. The number of alkyl halides is 1. The van der Waals surface area contributed by atoms with Crippen molar-refractivity contribution in [3.8, 4) is 0 Å². The van der Waals surface area contributed by atoms with Crippen molar-refractivity contribution in [2.45, 2.75) is 31.7 Å². The molecule has 2 rings (SSSR count). The van der Waals surface area contributed by atoms with E-state index < -0.39 is 0 Å². The Bertz CT molecular complexity index is 424. The molecule has 0 spiro atoms. The van der Waals surface area contributed by atoms with E-state index in [1.807, 2.05) is 29.2 Å². The number of nitrogens with zero attached hydrogens (tertiary/aromatic N) is 1. The Morgan fingerprint density at radius 1 is 1.50 bits per heavy atom. The molecule has 1 aliphatic heterocycles. The van der Waals surface area contributed by atoms with Crippen LogP contribution in [-0.2, 0) is 11.2 Å². The van der Waals surface area contributed by atoms with Gasteiger partial charge < -0.3 is 4.90 Å². The summed E-state index contributed by atoms with van der Waals surface area (Å²) >= 11 is 9.39. The molecule has 1 unspecified atom stereocenters. The Balaban J connectivity index is 1.99. The van der Waals surface area contributed by atoms with Gasteiger partial charge in [-0.1, -0.05) is 39.7 Å². The van der Waals surface area contributed by atoms with Crippen LogP contribution in [0.1, 0.15) is 24.8 Å². The molecule has 18 heavy (non-hydrogen) atoms. The van der Waals surface area contributed by atoms with Gasteiger partial charge in [-0.2, -0.15) is 0 Å². The standard InChI is InChI=1S/C14H17BrClNO/c15-7-6-13-5-2-8-17(13)14(18)10-11-3-1-4-12(16)9-11/h1,3-4,9,13H,2,5-8,10H2. The van der Waals surface area contributed by atoms with Gasteiger partial charge in [0, 0.05) is 22.9 Å². The first kappa shape index (κ1) is 13.9. The fourth-order valence-corrected chi connectivity index (χ4v) is 3.25. The largest absolute Gasteiger partial charge is 0.339 e. The molecule has 4 heteroatoms. The lowest BCUT2D eigenvalue weighted by atomic mass is 10.1. The highest BCUT2D eigenvalue weighted by Crippen LogP contribution is 2.22.